The van der Waals surface area contributed by atoms with Gasteiger partial charge in [-0.05, 0) is 31.4 Å². The number of hydrogen-bond donors (Lipinski definition) is 0. The van der Waals surface area contributed by atoms with Crippen molar-refractivity contribution in [2.24, 2.45) is 0 Å². The third-order valence-electron chi connectivity index (χ3n) is 4.86. The largest absolute Gasteiger partial charge is 0.379 e. The van der Waals surface area contributed by atoms with Gasteiger partial charge in [-0.15, -0.1) is 10.2 Å². The van der Waals surface area contributed by atoms with Crippen molar-refractivity contribution in [3.05, 3.63) is 24.4 Å². The maximum atomic E-state index is 5.43. The van der Waals surface area contributed by atoms with Crippen LogP contribution in [-0.2, 0) is 4.74 Å². The van der Waals surface area contributed by atoms with Crippen molar-refractivity contribution < 1.29 is 4.74 Å². The first kappa shape index (κ1) is 17.8. The van der Waals surface area contributed by atoms with Gasteiger partial charge in [-0.25, -0.2) is 4.68 Å². The van der Waals surface area contributed by atoms with Crippen LogP contribution in [0.15, 0.2) is 29.6 Å². The number of aromatic nitrogens is 4. The summed E-state index contributed by atoms with van der Waals surface area (Å²) in [4.78, 5) is 6.95. The topological polar surface area (TPSA) is 59.3 Å². The molecule has 0 aromatic carbocycles. The first-order valence-corrected chi connectivity index (χ1v) is 10.5. The number of nitrogens with zero attached hydrogens (tertiary/aromatic N) is 6. The van der Waals surface area contributed by atoms with Crippen LogP contribution >= 0.6 is 11.8 Å². The van der Waals surface area contributed by atoms with Crippen molar-refractivity contribution in [1.82, 2.24) is 24.8 Å². The number of morpholine rings is 1. The highest BCUT2D eigenvalue weighted by molar-refractivity contribution is 7.99. The molecule has 140 valence electrons. The molecule has 4 heterocycles. The van der Waals surface area contributed by atoms with Crippen LogP contribution in [0.25, 0.3) is 11.5 Å². The molecule has 0 bridgehead atoms. The summed E-state index contributed by atoms with van der Waals surface area (Å²) in [6, 6.07) is 5.94. The summed E-state index contributed by atoms with van der Waals surface area (Å²) >= 11 is 1.79. The second kappa shape index (κ2) is 8.83. The molecule has 0 amide bonds. The van der Waals surface area contributed by atoms with Gasteiger partial charge >= 0.3 is 0 Å². The quantitative estimate of drug-likeness (QED) is 0.716. The van der Waals surface area contributed by atoms with E-state index in [-0.39, 0.29) is 0 Å². The van der Waals surface area contributed by atoms with Gasteiger partial charge in [0.15, 0.2) is 0 Å². The summed E-state index contributed by atoms with van der Waals surface area (Å²) in [5, 5.41) is 12.3. The monoisotopic (exact) mass is 374 g/mol. The van der Waals surface area contributed by atoms with E-state index in [4.69, 9.17) is 4.74 Å². The zero-order chi connectivity index (χ0) is 17.6. The average Bonchev–Trinajstić information content (AvgIpc) is 3.14. The van der Waals surface area contributed by atoms with E-state index in [1.807, 2.05) is 24.4 Å². The Morgan fingerprint density at radius 1 is 1.00 bits per heavy atom. The molecule has 0 atom stereocenters. The Bertz CT molecular complexity index is 682. The fraction of sp³-hybridized carbons (Fsp3) is 0.611. The fourth-order valence-corrected chi connectivity index (χ4v) is 4.39. The molecule has 7 nitrogen and oxygen atoms in total. The highest BCUT2D eigenvalue weighted by atomic mass is 32.2. The van der Waals surface area contributed by atoms with Crippen LogP contribution in [-0.4, -0.2) is 76.4 Å². The van der Waals surface area contributed by atoms with E-state index in [9.17, 15) is 0 Å². The van der Waals surface area contributed by atoms with E-state index in [1.165, 1.54) is 19.3 Å². The molecule has 26 heavy (non-hydrogen) atoms. The van der Waals surface area contributed by atoms with Gasteiger partial charge in [0.25, 0.3) is 0 Å². The van der Waals surface area contributed by atoms with E-state index in [2.05, 4.69) is 29.8 Å². The first-order valence-electron chi connectivity index (χ1n) is 9.47. The van der Waals surface area contributed by atoms with Gasteiger partial charge in [0.2, 0.25) is 11.0 Å². The van der Waals surface area contributed by atoms with Gasteiger partial charge in [-0.2, -0.15) is 0 Å². The van der Waals surface area contributed by atoms with Crippen molar-refractivity contribution in [3.8, 4) is 11.5 Å². The lowest BCUT2D eigenvalue weighted by molar-refractivity contribution is 0.0410. The van der Waals surface area contributed by atoms with Gasteiger partial charge in [-0.1, -0.05) is 17.8 Å². The van der Waals surface area contributed by atoms with E-state index >= 15 is 0 Å². The zero-order valence-electron chi connectivity index (χ0n) is 15.1. The number of ether oxygens (including phenoxy) is 1. The zero-order valence-corrected chi connectivity index (χ0v) is 15.9. The molecule has 2 aliphatic rings. The van der Waals surface area contributed by atoms with Crippen molar-refractivity contribution in [3.63, 3.8) is 0 Å². The molecule has 2 saturated heterocycles. The SMILES string of the molecule is c1ccc(-c2nnc(SCCN3CCOCC3)n2N2CCCCC2)nc1. The molecule has 4 rings (SSSR count). The second-order valence-corrected chi connectivity index (χ2v) is 7.71. The summed E-state index contributed by atoms with van der Waals surface area (Å²) < 4.78 is 7.63. The van der Waals surface area contributed by atoms with Crippen molar-refractivity contribution >= 4 is 11.8 Å². The Balaban J connectivity index is 1.50. The molecule has 0 spiro atoms. The summed E-state index contributed by atoms with van der Waals surface area (Å²) in [6.45, 7) is 6.90. The minimum absolute atomic E-state index is 0.846. The number of thioether (sulfide) groups is 1. The molecule has 2 aliphatic heterocycles. The summed E-state index contributed by atoms with van der Waals surface area (Å²) in [7, 11) is 0. The lowest BCUT2D eigenvalue weighted by atomic mass is 10.2. The predicted molar refractivity (Wildman–Crippen MR) is 103 cm³/mol. The van der Waals surface area contributed by atoms with Gasteiger partial charge in [0.1, 0.15) is 5.69 Å². The van der Waals surface area contributed by atoms with E-state index in [0.29, 0.717) is 0 Å². The molecule has 2 aromatic rings. The number of hydrogen-bond acceptors (Lipinski definition) is 7. The van der Waals surface area contributed by atoms with Crippen LogP contribution in [0.3, 0.4) is 0 Å². The van der Waals surface area contributed by atoms with Crippen molar-refractivity contribution in [1.29, 1.82) is 0 Å². The van der Waals surface area contributed by atoms with Gasteiger partial charge in [0.05, 0.1) is 13.2 Å². The molecular weight excluding hydrogens is 348 g/mol. The third-order valence-corrected chi connectivity index (χ3v) is 5.76. The Morgan fingerprint density at radius 2 is 1.85 bits per heavy atom. The fourth-order valence-electron chi connectivity index (χ4n) is 3.43. The minimum Gasteiger partial charge on any atom is -0.379 e. The molecule has 0 N–H and O–H groups in total. The highest BCUT2D eigenvalue weighted by Gasteiger charge is 2.22. The van der Waals surface area contributed by atoms with E-state index < -0.39 is 0 Å². The Morgan fingerprint density at radius 3 is 2.62 bits per heavy atom. The molecular formula is C18H26N6OS. The molecule has 0 aliphatic carbocycles. The van der Waals surface area contributed by atoms with E-state index in [0.717, 1.165) is 68.4 Å². The average molecular weight is 375 g/mol. The molecule has 0 radical (unpaired) electrons. The van der Waals surface area contributed by atoms with Crippen LogP contribution < -0.4 is 5.01 Å². The van der Waals surface area contributed by atoms with Crippen LogP contribution in [0, 0.1) is 0 Å². The normalized spacial score (nSPS) is 19.0. The summed E-state index contributed by atoms with van der Waals surface area (Å²) in [5.74, 6) is 1.86. The molecule has 8 heteroatoms. The third kappa shape index (κ3) is 4.19. The standard InChI is InChI=1S/C18H26N6OS/c1-4-8-23(9-5-1)24-17(16-6-2-3-7-19-16)20-21-18(24)26-15-12-22-10-13-25-14-11-22/h2-3,6-7H,1,4-5,8-15H2. The Hall–Kier alpha value is -1.64. The molecule has 2 fully saturated rings. The number of rotatable bonds is 6. The molecule has 0 saturated carbocycles. The highest BCUT2D eigenvalue weighted by Crippen LogP contribution is 2.24. The summed E-state index contributed by atoms with van der Waals surface area (Å²) in [5.41, 5.74) is 0.880. The first-order chi connectivity index (χ1) is 12.9. The second-order valence-electron chi connectivity index (χ2n) is 6.65. The Kier molecular flexibility index (Phi) is 6.03. The van der Waals surface area contributed by atoms with E-state index in [1.54, 1.807) is 11.8 Å². The van der Waals surface area contributed by atoms with Gasteiger partial charge in [0, 0.05) is 44.7 Å². The van der Waals surface area contributed by atoms with Crippen LogP contribution in [0.4, 0.5) is 0 Å². The lowest BCUT2D eigenvalue weighted by Crippen LogP contribution is -2.40. The smallest absolute Gasteiger partial charge is 0.210 e. The van der Waals surface area contributed by atoms with Gasteiger partial charge < -0.3 is 9.75 Å². The van der Waals surface area contributed by atoms with Crippen LogP contribution in [0.1, 0.15) is 19.3 Å². The van der Waals surface area contributed by atoms with Gasteiger partial charge in [-0.3, -0.25) is 9.88 Å². The summed E-state index contributed by atoms with van der Waals surface area (Å²) in [6.07, 6.45) is 5.56. The minimum atomic E-state index is 0.846. The van der Waals surface area contributed by atoms with Crippen LogP contribution in [0.2, 0.25) is 0 Å². The Labute approximate surface area is 158 Å². The number of pyridine rings is 1. The maximum Gasteiger partial charge on any atom is 0.210 e. The predicted octanol–water partition coefficient (Wildman–Crippen LogP) is 1.89. The maximum absolute atomic E-state index is 5.43. The van der Waals surface area contributed by atoms with Crippen molar-refractivity contribution in [2.75, 3.05) is 56.7 Å². The van der Waals surface area contributed by atoms with Crippen LogP contribution in [0.5, 0.6) is 0 Å². The number of piperidine rings is 1. The molecule has 0 unspecified atom stereocenters. The van der Waals surface area contributed by atoms with Crippen molar-refractivity contribution in [2.45, 2.75) is 24.4 Å². The molecule has 2 aromatic heterocycles. The lowest BCUT2D eigenvalue weighted by Gasteiger charge is -2.31.